The molecular formula is C12H11N5. The summed E-state index contributed by atoms with van der Waals surface area (Å²) < 4.78 is 0. The van der Waals surface area contributed by atoms with Gasteiger partial charge < -0.3 is 11.1 Å². The van der Waals surface area contributed by atoms with Crippen LogP contribution in [-0.4, -0.2) is 9.97 Å². The maximum atomic E-state index is 8.84. The van der Waals surface area contributed by atoms with Gasteiger partial charge in [-0.2, -0.15) is 5.26 Å². The fourth-order valence-corrected chi connectivity index (χ4v) is 1.37. The van der Waals surface area contributed by atoms with E-state index in [2.05, 4.69) is 15.3 Å². The Bertz CT molecular complexity index is 542. The van der Waals surface area contributed by atoms with Crippen LogP contribution in [-0.2, 0) is 6.54 Å². The minimum Gasteiger partial charge on any atom is -0.399 e. The Labute approximate surface area is 98.9 Å². The molecule has 1 heterocycles. The number of nitrogens with zero attached hydrogens (tertiary/aromatic N) is 3. The van der Waals surface area contributed by atoms with Crippen molar-refractivity contribution in [3.8, 4) is 6.07 Å². The van der Waals surface area contributed by atoms with Crippen molar-refractivity contribution in [3.63, 3.8) is 0 Å². The second-order valence-corrected chi connectivity index (χ2v) is 3.46. The van der Waals surface area contributed by atoms with E-state index in [0.717, 1.165) is 11.3 Å². The Hall–Kier alpha value is -2.61. The van der Waals surface area contributed by atoms with Crippen LogP contribution in [0.3, 0.4) is 0 Å². The van der Waals surface area contributed by atoms with Gasteiger partial charge in [-0.15, -0.1) is 0 Å². The highest BCUT2D eigenvalue weighted by atomic mass is 15.0. The molecule has 0 aliphatic heterocycles. The van der Waals surface area contributed by atoms with Gasteiger partial charge in [0, 0.05) is 24.6 Å². The Morgan fingerprint density at radius 3 is 2.59 bits per heavy atom. The third-order valence-corrected chi connectivity index (χ3v) is 2.24. The number of nitrogens with one attached hydrogen (secondary N) is 1. The van der Waals surface area contributed by atoms with Gasteiger partial charge in [0.1, 0.15) is 6.07 Å². The van der Waals surface area contributed by atoms with Crippen LogP contribution >= 0.6 is 0 Å². The van der Waals surface area contributed by atoms with Gasteiger partial charge in [0.05, 0.1) is 0 Å². The Morgan fingerprint density at radius 1 is 1.18 bits per heavy atom. The molecule has 3 N–H and O–H groups in total. The van der Waals surface area contributed by atoms with Crippen LogP contribution in [0.1, 0.15) is 11.3 Å². The fourth-order valence-electron chi connectivity index (χ4n) is 1.37. The molecule has 0 atom stereocenters. The zero-order valence-corrected chi connectivity index (χ0v) is 9.09. The van der Waals surface area contributed by atoms with Crippen molar-refractivity contribution >= 4 is 11.5 Å². The van der Waals surface area contributed by atoms with Gasteiger partial charge in [0.2, 0.25) is 0 Å². The van der Waals surface area contributed by atoms with Crippen molar-refractivity contribution in [2.24, 2.45) is 0 Å². The first-order valence-electron chi connectivity index (χ1n) is 5.09. The number of rotatable bonds is 3. The summed E-state index contributed by atoms with van der Waals surface area (Å²) >= 11 is 0. The summed E-state index contributed by atoms with van der Waals surface area (Å²) in [6.07, 6.45) is 3.04. The first kappa shape index (κ1) is 10.9. The Balaban J connectivity index is 2.08. The lowest BCUT2D eigenvalue weighted by Crippen LogP contribution is -2.04. The zero-order valence-electron chi connectivity index (χ0n) is 9.09. The summed E-state index contributed by atoms with van der Waals surface area (Å²) in [7, 11) is 0. The van der Waals surface area contributed by atoms with Crippen LogP contribution in [0.2, 0.25) is 0 Å². The average molecular weight is 225 g/mol. The zero-order chi connectivity index (χ0) is 12.1. The summed E-state index contributed by atoms with van der Waals surface area (Å²) in [6, 6.07) is 9.49. The maximum absolute atomic E-state index is 8.84. The summed E-state index contributed by atoms with van der Waals surface area (Å²) in [4.78, 5) is 7.98. The molecule has 2 rings (SSSR count). The molecule has 0 unspecified atom stereocenters. The molecule has 0 aliphatic rings. The molecule has 0 fully saturated rings. The molecule has 2 aromatic rings. The topological polar surface area (TPSA) is 87.6 Å². The van der Waals surface area contributed by atoms with Crippen molar-refractivity contribution in [2.75, 3.05) is 11.1 Å². The van der Waals surface area contributed by atoms with Crippen LogP contribution in [0.25, 0.3) is 0 Å². The van der Waals surface area contributed by atoms with E-state index in [1.807, 2.05) is 30.3 Å². The van der Waals surface area contributed by atoms with E-state index in [1.165, 1.54) is 6.20 Å². The molecule has 0 spiro atoms. The number of nitrogen functional groups attached to an aromatic ring is 1. The standard InChI is InChI=1S/C12H11N5/c13-7-11-12(16-6-5-15-11)17-8-9-1-3-10(14)4-2-9/h1-6H,8,14H2,(H,16,17). The van der Waals surface area contributed by atoms with Crippen LogP contribution in [0, 0.1) is 11.3 Å². The lowest BCUT2D eigenvalue weighted by molar-refractivity contribution is 1.07. The van der Waals surface area contributed by atoms with Crippen LogP contribution in [0.15, 0.2) is 36.7 Å². The Kier molecular flexibility index (Phi) is 3.17. The van der Waals surface area contributed by atoms with Crippen molar-refractivity contribution in [1.29, 1.82) is 5.26 Å². The first-order valence-corrected chi connectivity index (χ1v) is 5.09. The van der Waals surface area contributed by atoms with Crippen LogP contribution in [0.4, 0.5) is 11.5 Å². The Morgan fingerprint density at radius 2 is 1.88 bits per heavy atom. The monoisotopic (exact) mass is 225 g/mol. The van der Waals surface area contributed by atoms with Crippen molar-refractivity contribution < 1.29 is 0 Å². The van der Waals surface area contributed by atoms with Gasteiger partial charge in [-0.25, -0.2) is 9.97 Å². The number of nitriles is 1. The summed E-state index contributed by atoms with van der Waals surface area (Å²) in [6.45, 7) is 0.577. The minimum atomic E-state index is 0.294. The molecule has 1 aromatic carbocycles. The van der Waals surface area contributed by atoms with Gasteiger partial charge in [0.25, 0.3) is 0 Å². The highest BCUT2D eigenvalue weighted by molar-refractivity contribution is 5.47. The van der Waals surface area contributed by atoms with E-state index in [0.29, 0.717) is 18.1 Å². The van der Waals surface area contributed by atoms with Crippen molar-refractivity contribution in [2.45, 2.75) is 6.54 Å². The van der Waals surface area contributed by atoms with Gasteiger partial charge in [0.15, 0.2) is 11.5 Å². The average Bonchev–Trinajstić information content (AvgIpc) is 2.38. The highest BCUT2D eigenvalue weighted by Crippen LogP contribution is 2.10. The van der Waals surface area contributed by atoms with Crippen molar-refractivity contribution in [1.82, 2.24) is 9.97 Å². The quantitative estimate of drug-likeness (QED) is 0.773. The number of anilines is 2. The summed E-state index contributed by atoms with van der Waals surface area (Å²) in [5.74, 6) is 0.492. The van der Waals surface area contributed by atoms with Gasteiger partial charge in [-0.1, -0.05) is 12.1 Å². The predicted octanol–water partition coefficient (Wildman–Crippen LogP) is 1.54. The van der Waals surface area contributed by atoms with Gasteiger partial charge in [-0.3, -0.25) is 0 Å². The third kappa shape index (κ3) is 2.69. The number of hydrogen-bond donors (Lipinski definition) is 2. The molecule has 5 nitrogen and oxygen atoms in total. The third-order valence-electron chi connectivity index (χ3n) is 2.24. The normalized spacial score (nSPS) is 9.59. The van der Waals surface area contributed by atoms with E-state index in [1.54, 1.807) is 6.20 Å². The van der Waals surface area contributed by atoms with Gasteiger partial charge in [-0.05, 0) is 17.7 Å². The molecule has 0 saturated heterocycles. The summed E-state index contributed by atoms with van der Waals surface area (Å²) in [5, 5.41) is 11.9. The molecule has 0 saturated carbocycles. The number of hydrogen-bond acceptors (Lipinski definition) is 5. The first-order chi connectivity index (χ1) is 8.29. The second-order valence-electron chi connectivity index (χ2n) is 3.46. The maximum Gasteiger partial charge on any atom is 0.182 e. The molecule has 0 bridgehead atoms. The molecule has 17 heavy (non-hydrogen) atoms. The van der Waals surface area contributed by atoms with E-state index < -0.39 is 0 Å². The minimum absolute atomic E-state index is 0.294. The number of benzene rings is 1. The molecule has 5 heteroatoms. The van der Waals surface area contributed by atoms with E-state index in [4.69, 9.17) is 11.0 Å². The predicted molar refractivity (Wildman–Crippen MR) is 64.9 cm³/mol. The van der Waals surface area contributed by atoms with Gasteiger partial charge >= 0.3 is 0 Å². The fraction of sp³-hybridized carbons (Fsp3) is 0.0833. The summed E-state index contributed by atoms with van der Waals surface area (Å²) in [5.41, 5.74) is 7.68. The molecular weight excluding hydrogens is 214 g/mol. The lowest BCUT2D eigenvalue weighted by atomic mass is 10.2. The highest BCUT2D eigenvalue weighted by Gasteiger charge is 2.02. The van der Waals surface area contributed by atoms with E-state index in [-0.39, 0.29) is 0 Å². The molecule has 1 aromatic heterocycles. The number of nitrogens with two attached hydrogens (primary N) is 1. The molecule has 0 amide bonds. The molecule has 0 radical (unpaired) electrons. The van der Waals surface area contributed by atoms with E-state index in [9.17, 15) is 0 Å². The number of aromatic nitrogens is 2. The van der Waals surface area contributed by atoms with E-state index >= 15 is 0 Å². The smallest absolute Gasteiger partial charge is 0.182 e. The SMILES string of the molecule is N#Cc1nccnc1NCc1ccc(N)cc1. The van der Waals surface area contributed by atoms with Crippen LogP contribution in [0.5, 0.6) is 0 Å². The largest absolute Gasteiger partial charge is 0.399 e. The molecule has 0 aliphatic carbocycles. The molecule has 84 valence electrons. The van der Waals surface area contributed by atoms with Crippen molar-refractivity contribution in [3.05, 3.63) is 47.9 Å². The van der Waals surface area contributed by atoms with Crippen LogP contribution < -0.4 is 11.1 Å². The second kappa shape index (κ2) is 4.94. The lowest BCUT2D eigenvalue weighted by Gasteiger charge is -2.06.